The molecule has 0 unspecified atom stereocenters. The molecule has 0 amide bonds. The minimum Gasteiger partial charge on any atom is -0.409 e. The van der Waals surface area contributed by atoms with Crippen LogP contribution in [-0.4, -0.2) is 17.6 Å². The molecule has 20 heavy (non-hydrogen) atoms. The van der Waals surface area contributed by atoms with Crippen molar-refractivity contribution in [3.05, 3.63) is 29.8 Å². The molecule has 0 fully saturated rings. The van der Waals surface area contributed by atoms with E-state index >= 15 is 0 Å². The Morgan fingerprint density at radius 3 is 2.70 bits per heavy atom. The van der Waals surface area contributed by atoms with Gasteiger partial charge in [0.25, 0.3) is 0 Å². The predicted molar refractivity (Wildman–Crippen MR) is 85.4 cm³/mol. The summed E-state index contributed by atoms with van der Waals surface area (Å²) in [5.41, 5.74) is 7.90. The third kappa shape index (κ3) is 4.76. The van der Waals surface area contributed by atoms with Gasteiger partial charge in [-0.1, -0.05) is 45.0 Å². The summed E-state index contributed by atoms with van der Waals surface area (Å²) in [5, 5.41) is 15.3. The van der Waals surface area contributed by atoms with Gasteiger partial charge in [0.2, 0.25) is 0 Å². The Balaban J connectivity index is 2.44. The van der Waals surface area contributed by atoms with Crippen LogP contribution in [0.25, 0.3) is 0 Å². The third-order valence-electron chi connectivity index (χ3n) is 3.66. The Hall–Kier alpha value is -1.71. The van der Waals surface area contributed by atoms with Crippen molar-refractivity contribution in [3.63, 3.8) is 0 Å². The Labute approximate surface area is 122 Å². The monoisotopic (exact) mass is 277 g/mol. The number of anilines is 1. The molecule has 0 saturated heterocycles. The first-order chi connectivity index (χ1) is 9.36. The first-order valence-electron chi connectivity index (χ1n) is 7.18. The van der Waals surface area contributed by atoms with Crippen molar-refractivity contribution in [3.8, 4) is 0 Å². The highest BCUT2D eigenvalue weighted by Gasteiger charge is 2.22. The molecule has 112 valence electrons. The fourth-order valence-electron chi connectivity index (χ4n) is 2.03. The number of amidine groups is 1. The molecule has 0 atom stereocenters. The van der Waals surface area contributed by atoms with Crippen molar-refractivity contribution >= 4 is 11.5 Å². The van der Waals surface area contributed by atoms with E-state index in [4.69, 9.17) is 10.9 Å². The van der Waals surface area contributed by atoms with E-state index < -0.39 is 0 Å². The first kappa shape index (κ1) is 16.3. The van der Waals surface area contributed by atoms with E-state index in [-0.39, 0.29) is 5.41 Å². The van der Waals surface area contributed by atoms with Crippen molar-refractivity contribution in [2.24, 2.45) is 16.3 Å². The number of rotatable bonds is 7. The van der Waals surface area contributed by atoms with E-state index in [1.54, 1.807) is 0 Å². The smallest absolute Gasteiger partial charge is 0.144 e. The highest BCUT2D eigenvalue weighted by molar-refractivity contribution is 5.85. The van der Waals surface area contributed by atoms with Gasteiger partial charge in [-0.05, 0) is 36.5 Å². The van der Waals surface area contributed by atoms with Crippen molar-refractivity contribution in [1.82, 2.24) is 0 Å². The largest absolute Gasteiger partial charge is 0.409 e. The lowest BCUT2D eigenvalue weighted by molar-refractivity contribution is 0.305. The van der Waals surface area contributed by atoms with Gasteiger partial charge in [0.1, 0.15) is 5.84 Å². The zero-order chi connectivity index (χ0) is 15.2. The van der Waals surface area contributed by atoms with Gasteiger partial charge in [0.05, 0.1) is 0 Å². The van der Waals surface area contributed by atoms with Crippen LogP contribution in [0.1, 0.15) is 52.0 Å². The highest BCUT2D eigenvalue weighted by atomic mass is 16.4. The lowest BCUT2D eigenvalue weighted by atomic mass is 9.86. The van der Waals surface area contributed by atoms with Crippen molar-refractivity contribution in [2.45, 2.75) is 46.5 Å². The molecular weight excluding hydrogens is 250 g/mol. The summed E-state index contributed by atoms with van der Waals surface area (Å²) in [6.45, 7) is 9.24. The van der Waals surface area contributed by atoms with Gasteiger partial charge in [-0.3, -0.25) is 0 Å². The van der Waals surface area contributed by atoms with Crippen LogP contribution >= 0.6 is 0 Å². The molecule has 1 aromatic carbocycles. The molecule has 0 aliphatic carbocycles. The third-order valence-corrected chi connectivity index (χ3v) is 3.66. The second kappa shape index (κ2) is 7.17. The molecule has 1 aromatic rings. The fraction of sp³-hybridized carbons (Fsp3) is 0.562. The van der Waals surface area contributed by atoms with E-state index in [1.807, 2.05) is 13.8 Å². The number of nitrogens with one attached hydrogen (secondary N) is 1. The van der Waals surface area contributed by atoms with E-state index in [0.29, 0.717) is 11.8 Å². The van der Waals surface area contributed by atoms with E-state index in [1.165, 1.54) is 5.56 Å². The van der Waals surface area contributed by atoms with E-state index in [9.17, 15) is 0 Å². The molecule has 0 aliphatic heterocycles. The lowest BCUT2D eigenvalue weighted by Gasteiger charge is -2.22. The molecule has 0 spiro atoms. The van der Waals surface area contributed by atoms with Crippen molar-refractivity contribution in [1.29, 1.82) is 0 Å². The van der Waals surface area contributed by atoms with Gasteiger partial charge in [-0.25, -0.2) is 0 Å². The van der Waals surface area contributed by atoms with Crippen LogP contribution < -0.4 is 11.1 Å². The summed E-state index contributed by atoms with van der Waals surface area (Å²) in [6.07, 6.45) is 1.84. The van der Waals surface area contributed by atoms with E-state index in [2.05, 4.69) is 48.6 Å². The van der Waals surface area contributed by atoms with Crippen LogP contribution in [0.3, 0.4) is 0 Å². The Bertz CT molecular complexity index is 453. The molecule has 4 N–H and O–H groups in total. The number of nitrogens with two attached hydrogens (primary N) is 1. The minimum atomic E-state index is -0.268. The quantitative estimate of drug-likeness (QED) is 0.233. The summed E-state index contributed by atoms with van der Waals surface area (Å²) in [5.74, 6) is 0.829. The van der Waals surface area contributed by atoms with Gasteiger partial charge in [0, 0.05) is 17.6 Å². The summed E-state index contributed by atoms with van der Waals surface area (Å²) >= 11 is 0. The maximum atomic E-state index is 8.73. The SMILES string of the molecule is CC(C)c1cccc(NCCCC(C)(C)C(N)=NO)c1. The lowest BCUT2D eigenvalue weighted by Crippen LogP contribution is -2.32. The average Bonchev–Trinajstić information content (AvgIpc) is 2.43. The average molecular weight is 277 g/mol. The molecular formula is C16H27N3O. The van der Waals surface area contributed by atoms with E-state index in [0.717, 1.165) is 25.1 Å². The highest BCUT2D eigenvalue weighted by Crippen LogP contribution is 2.23. The zero-order valence-electron chi connectivity index (χ0n) is 13.0. The van der Waals surface area contributed by atoms with Crippen LogP contribution in [0.2, 0.25) is 0 Å². The van der Waals surface area contributed by atoms with Crippen LogP contribution in [0.15, 0.2) is 29.4 Å². The van der Waals surface area contributed by atoms with Gasteiger partial charge < -0.3 is 16.3 Å². The second-order valence-electron chi connectivity index (χ2n) is 6.18. The normalized spacial score (nSPS) is 12.8. The van der Waals surface area contributed by atoms with Crippen LogP contribution in [0, 0.1) is 5.41 Å². The molecule has 0 heterocycles. The maximum Gasteiger partial charge on any atom is 0.144 e. The van der Waals surface area contributed by atoms with Gasteiger partial charge in [0.15, 0.2) is 0 Å². The van der Waals surface area contributed by atoms with Crippen molar-refractivity contribution < 1.29 is 5.21 Å². The first-order valence-corrected chi connectivity index (χ1v) is 7.18. The Kier molecular flexibility index (Phi) is 5.86. The zero-order valence-corrected chi connectivity index (χ0v) is 13.0. The fourth-order valence-corrected chi connectivity index (χ4v) is 2.03. The van der Waals surface area contributed by atoms with Gasteiger partial charge in [-0.2, -0.15) is 0 Å². The predicted octanol–water partition coefficient (Wildman–Crippen LogP) is 3.77. The summed E-state index contributed by atoms with van der Waals surface area (Å²) in [4.78, 5) is 0. The molecule has 0 aromatic heterocycles. The number of oxime groups is 1. The number of hydrogen-bond donors (Lipinski definition) is 3. The topological polar surface area (TPSA) is 70.6 Å². The summed E-state index contributed by atoms with van der Waals surface area (Å²) in [7, 11) is 0. The molecule has 1 rings (SSSR count). The number of benzene rings is 1. The molecule has 0 radical (unpaired) electrons. The van der Waals surface area contributed by atoms with Crippen LogP contribution in [-0.2, 0) is 0 Å². The maximum absolute atomic E-state index is 8.73. The molecule has 0 aliphatic rings. The van der Waals surface area contributed by atoms with Gasteiger partial charge in [-0.15, -0.1) is 0 Å². The van der Waals surface area contributed by atoms with Crippen LogP contribution in [0.4, 0.5) is 5.69 Å². The number of nitrogens with zero attached hydrogens (tertiary/aromatic N) is 1. The van der Waals surface area contributed by atoms with Crippen LogP contribution in [0.5, 0.6) is 0 Å². The second-order valence-corrected chi connectivity index (χ2v) is 6.18. The summed E-state index contributed by atoms with van der Waals surface area (Å²) in [6, 6.07) is 8.51. The standard InChI is InChI=1S/C16H27N3O/c1-12(2)13-7-5-8-14(11-13)18-10-6-9-16(3,4)15(17)19-20/h5,7-8,11-12,18,20H,6,9-10H2,1-4H3,(H2,17,19). The van der Waals surface area contributed by atoms with Gasteiger partial charge >= 0.3 is 0 Å². The Morgan fingerprint density at radius 1 is 1.40 bits per heavy atom. The van der Waals surface area contributed by atoms with Crippen molar-refractivity contribution in [2.75, 3.05) is 11.9 Å². The summed E-state index contributed by atoms with van der Waals surface area (Å²) < 4.78 is 0. The molecule has 4 heteroatoms. The molecule has 4 nitrogen and oxygen atoms in total. The molecule has 0 bridgehead atoms. The minimum absolute atomic E-state index is 0.268. The molecule has 0 saturated carbocycles. The number of hydrogen-bond acceptors (Lipinski definition) is 3. The Morgan fingerprint density at radius 2 is 2.10 bits per heavy atom.